The molecule has 1 aromatic rings. The standard InChI is InChI=1S/C14H22N2O4S/c1-11(14-6-3-7-20-14)16-21(17,18)9-8-19-13-5-2-4-12(15)10-13/h2,4-5,10-11,14,16H,3,6-9,15H2,1H3. The Morgan fingerprint density at radius 3 is 3.00 bits per heavy atom. The van der Waals surface area contributed by atoms with Gasteiger partial charge in [-0.2, -0.15) is 0 Å². The fourth-order valence-corrected chi connectivity index (χ4v) is 3.43. The van der Waals surface area contributed by atoms with Crippen molar-refractivity contribution in [1.29, 1.82) is 0 Å². The summed E-state index contributed by atoms with van der Waals surface area (Å²) in [4.78, 5) is 0. The molecule has 0 aliphatic carbocycles. The van der Waals surface area contributed by atoms with Crippen LogP contribution in [-0.4, -0.2) is 39.5 Å². The van der Waals surface area contributed by atoms with Gasteiger partial charge in [-0.15, -0.1) is 0 Å². The van der Waals surface area contributed by atoms with Gasteiger partial charge in [-0.3, -0.25) is 0 Å². The lowest BCUT2D eigenvalue weighted by atomic mass is 10.1. The van der Waals surface area contributed by atoms with E-state index in [-0.39, 0.29) is 24.5 Å². The normalized spacial score (nSPS) is 20.3. The second-order valence-corrected chi connectivity index (χ2v) is 7.07. The van der Waals surface area contributed by atoms with Crippen LogP contribution in [0.4, 0.5) is 5.69 Å². The average Bonchev–Trinajstić information content (AvgIpc) is 2.92. The molecule has 118 valence electrons. The molecule has 1 heterocycles. The fraction of sp³-hybridized carbons (Fsp3) is 0.571. The smallest absolute Gasteiger partial charge is 0.215 e. The van der Waals surface area contributed by atoms with E-state index in [1.807, 2.05) is 6.92 Å². The zero-order chi connectivity index (χ0) is 15.3. The molecule has 1 saturated heterocycles. The molecule has 2 rings (SSSR count). The SMILES string of the molecule is CC(NS(=O)(=O)CCOc1cccc(N)c1)C1CCCO1. The molecule has 6 nitrogen and oxygen atoms in total. The van der Waals surface area contributed by atoms with E-state index in [1.165, 1.54) is 0 Å². The second kappa shape index (κ2) is 7.11. The molecule has 1 aliphatic rings. The van der Waals surface area contributed by atoms with Crippen LogP contribution in [0.15, 0.2) is 24.3 Å². The highest BCUT2D eigenvalue weighted by Gasteiger charge is 2.25. The Labute approximate surface area is 125 Å². The summed E-state index contributed by atoms with van der Waals surface area (Å²) in [5.74, 6) is 0.469. The summed E-state index contributed by atoms with van der Waals surface area (Å²) in [6, 6.07) is 6.69. The quantitative estimate of drug-likeness (QED) is 0.736. The first-order chi connectivity index (χ1) is 9.96. The third-order valence-electron chi connectivity index (χ3n) is 3.37. The van der Waals surface area contributed by atoms with Crippen molar-refractivity contribution >= 4 is 15.7 Å². The van der Waals surface area contributed by atoms with Gasteiger partial charge in [-0.05, 0) is 31.9 Å². The molecule has 0 amide bonds. The van der Waals surface area contributed by atoms with Crippen molar-refractivity contribution < 1.29 is 17.9 Å². The molecular weight excluding hydrogens is 292 g/mol. The van der Waals surface area contributed by atoms with E-state index < -0.39 is 10.0 Å². The maximum atomic E-state index is 12.0. The highest BCUT2D eigenvalue weighted by atomic mass is 32.2. The third-order valence-corrected chi connectivity index (χ3v) is 4.80. The zero-order valence-corrected chi connectivity index (χ0v) is 12.9. The molecule has 0 saturated carbocycles. The first kappa shape index (κ1) is 16.1. The van der Waals surface area contributed by atoms with Crippen molar-refractivity contribution in [3.63, 3.8) is 0 Å². The minimum absolute atomic E-state index is 0.0328. The number of sulfonamides is 1. The number of anilines is 1. The van der Waals surface area contributed by atoms with Gasteiger partial charge >= 0.3 is 0 Å². The van der Waals surface area contributed by atoms with E-state index in [4.69, 9.17) is 15.2 Å². The van der Waals surface area contributed by atoms with Crippen LogP contribution in [0.5, 0.6) is 5.75 Å². The molecule has 0 aromatic heterocycles. The minimum atomic E-state index is -3.38. The van der Waals surface area contributed by atoms with Gasteiger partial charge < -0.3 is 15.2 Å². The van der Waals surface area contributed by atoms with Crippen LogP contribution in [0.1, 0.15) is 19.8 Å². The maximum Gasteiger partial charge on any atom is 0.215 e. The summed E-state index contributed by atoms with van der Waals surface area (Å²) >= 11 is 0. The minimum Gasteiger partial charge on any atom is -0.492 e. The van der Waals surface area contributed by atoms with E-state index >= 15 is 0 Å². The van der Waals surface area contributed by atoms with Crippen LogP contribution < -0.4 is 15.2 Å². The van der Waals surface area contributed by atoms with Gasteiger partial charge in [0.15, 0.2) is 0 Å². The molecule has 3 N–H and O–H groups in total. The number of hydrogen-bond acceptors (Lipinski definition) is 5. The van der Waals surface area contributed by atoms with Crippen molar-refractivity contribution in [2.45, 2.75) is 31.9 Å². The van der Waals surface area contributed by atoms with Gasteiger partial charge in [0.2, 0.25) is 10.0 Å². The summed E-state index contributed by atoms with van der Waals surface area (Å²) in [5.41, 5.74) is 6.21. The van der Waals surface area contributed by atoms with Gasteiger partial charge in [-0.25, -0.2) is 13.1 Å². The molecule has 7 heteroatoms. The summed E-state index contributed by atoms with van der Waals surface area (Å²) in [7, 11) is -3.38. The summed E-state index contributed by atoms with van der Waals surface area (Å²) in [6.07, 6.45) is 1.84. The Morgan fingerprint density at radius 1 is 1.52 bits per heavy atom. The molecule has 0 spiro atoms. The van der Waals surface area contributed by atoms with Crippen LogP contribution in [-0.2, 0) is 14.8 Å². The summed E-state index contributed by atoms with van der Waals surface area (Å²) in [5, 5.41) is 0. The van der Waals surface area contributed by atoms with Crippen LogP contribution in [0.2, 0.25) is 0 Å². The van der Waals surface area contributed by atoms with Gasteiger partial charge in [0.1, 0.15) is 12.4 Å². The number of benzene rings is 1. The lowest BCUT2D eigenvalue weighted by Gasteiger charge is -2.19. The molecule has 21 heavy (non-hydrogen) atoms. The van der Waals surface area contributed by atoms with Gasteiger partial charge in [0.25, 0.3) is 0 Å². The Bertz CT molecular complexity index is 556. The average molecular weight is 314 g/mol. The van der Waals surface area contributed by atoms with E-state index in [0.717, 1.165) is 12.8 Å². The van der Waals surface area contributed by atoms with Crippen molar-refractivity contribution in [1.82, 2.24) is 4.72 Å². The molecule has 1 fully saturated rings. The van der Waals surface area contributed by atoms with Gasteiger partial charge in [0.05, 0.1) is 11.9 Å². The third kappa shape index (κ3) is 5.18. The molecule has 2 atom stereocenters. The van der Waals surface area contributed by atoms with E-state index in [0.29, 0.717) is 18.0 Å². The largest absolute Gasteiger partial charge is 0.492 e. The van der Waals surface area contributed by atoms with Crippen molar-refractivity contribution in [2.24, 2.45) is 0 Å². The molecule has 1 aromatic carbocycles. The predicted octanol–water partition coefficient (Wildman–Crippen LogP) is 1.13. The Hall–Kier alpha value is -1.31. The van der Waals surface area contributed by atoms with Gasteiger partial charge in [-0.1, -0.05) is 6.07 Å². The maximum absolute atomic E-state index is 12.0. The number of hydrogen-bond donors (Lipinski definition) is 2. The molecule has 0 bridgehead atoms. The second-order valence-electron chi connectivity index (χ2n) is 5.20. The summed E-state index contributed by atoms with van der Waals surface area (Å²) in [6.45, 7) is 2.61. The lowest BCUT2D eigenvalue weighted by Crippen LogP contribution is -2.42. The number of nitrogens with two attached hydrogens (primary N) is 1. The van der Waals surface area contributed by atoms with Crippen LogP contribution in [0.25, 0.3) is 0 Å². The van der Waals surface area contributed by atoms with Crippen LogP contribution in [0, 0.1) is 0 Å². The summed E-state index contributed by atoms with van der Waals surface area (Å²) < 4.78 is 37.5. The van der Waals surface area contributed by atoms with E-state index in [9.17, 15) is 8.42 Å². The topological polar surface area (TPSA) is 90.7 Å². The zero-order valence-electron chi connectivity index (χ0n) is 12.1. The Morgan fingerprint density at radius 2 is 2.33 bits per heavy atom. The van der Waals surface area contributed by atoms with E-state index in [2.05, 4.69) is 4.72 Å². The first-order valence-corrected chi connectivity index (χ1v) is 8.71. The molecule has 0 radical (unpaired) electrons. The number of nitrogens with one attached hydrogen (secondary N) is 1. The van der Waals surface area contributed by atoms with Crippen molar-refractivity contribution in [3.05, 3.63) is 24.3 Å². The van der Waals surface area contributed by atoms with Crippen molar-refractivity contribution in [2.75, 3.05) is 24.7 Å². The van der Waals surface area contributed by atoms with E-state index in [1.54, 1.807) is 24.3 Å². The Balaban J connectivity index is 1.78. The Kier molecular flexibility index (Phi) is 5.44. The predicted molar refractivity (Wildman–Crippen MR) is 81.7 cm³/mol. The highest BCUT2D eigenvalue weighted by molar-refractivity contribution is 7.89. The first-order valence-electron chi connectivity index (χ1n) is 7.06. The highest BCUT2D eigenvalue weighted by Crippen LogP contribution is 2.16. The van der Waals surface area contributed by atoms with Gasteiger partial charge in [0, 0.05) is 24.4 Å². The number of nitrogen functional groups attached to an aromatic ring is 1. The molecule has 1 aliphatic heterocycles. The fourth-order valence-electron chi connectivity index (χ4n) is 2.29. The molecular formula is C14H22N2O4S. The number of rotatable bonds is 7. The molecule has 2 unspecified atom stereocenters. The monoisotopic (exact) mass is 314 g/mol. The lowest BCUT2D eigenvalue weighted by molar-refractivity contribution is 0.0902. The van der Waals surface area contributed by atoms with Crippen LogP contribution >= 0.6 is 0 Å². The van der Waals surface area contributed by atoms with Crippen molar-refractivity contribution in [3.8, 4) is 5.75 Å². The van der Waals surface area contributed by atoms with Crippen LogP contribution in [0.3, 0.4) is 0 Å². The number of ether oxygens (including phenoxy) is 2.